The van der Waals surface area contributed by atoms with Crippen LogP contribution in [0.25, 0.3) is 10.9 Å². The van der Waals surface area contributed by atoms with Gasteiger partial charge in [0.2, 0.25) is 5.43 Å². The second kappa shape index (κ2) is 8.38. The van der Waals surface area contributed by atoms with Crippen molar-refractivity contribution < 1.29 is 14.3 Å². The van der Waals surface area contributed by atoms with Crippen LogP contribution in [0.15, 0.2) is 41.6 Å². The summed E-state index contributed by atoms with van der Waals surface area (Å²) >= 11 is 0. The van der Waals surface area contributed by atoms with E-state index in [-0.39, 0.29) is 24.0 Å². The fraction of sp³-hybridized carbons (Fsp3) is 0.263. The lowest BCUT2D eigenvalue weighted by Crippen LogP contribution is -2.31. The molecule has 1 amide bonds. The highest BCUT2D eigenvalue weighted by atomic mass is 16.5. The van der Waals surface area contributed by atoms with Gasteiger partial charge in [-0.3, -0.25) is 14.4 Å². The molecule has 2 heterocycles. The molecule has 0 saturated carbocycles. The van der Waals surface area contributed by atoms with E-state index in [9.17, 15) is 14.4 Å². The van der Waals surface area contributed by atoms with Crippen LogP contribution in [0, 0.1) is 0 Å². The lowest BCUT2D eigenvalue weighted by molar-refractivity contribution is -0.140. The number of fused-ring (bicyclic) bond motifs is 1. The molecule has 0 aliphatic rings. The smallest absolute Gasteiger partial charge is 0.307 e. The number of anilines is 1. The number of esters is 1. The molecule has 3 N–H and O–H groups in total. The molecular weight excluding hydrogens is 362 g/mol. The summed E-state index contributed by atoms with van der Waals surface area (Å²) in [6.45, 7) is 0.636. The summed E-state index contributed by atoms with van der Waals surface area (Å²) < 4.78 is 6.26. The van der Waals surface area contributed by atoms with Gasteiger partial charge in [-0.25, -0.2) is 4.98 Å². The van der Waals surface area contributed by atoms with Crippen LogP contribution < -0.4 is 16.1 Å². The zero-order valence-corrected chi connectivity index (χ0v) is 15.6. The Morgan fingerprint density at radius 1 is 1.32 bits per heavy atom. The summed E-state index contributed by atoms with van der Waals surface area (Å²) in [5.74, 6) is -0.287. The van der Waals surface area contributed by atoms with E-state index in [0.29, 0.717) is 17.9 Å². The van der Waals surface area contributed by atoms with Crippen molar-refractivity contribution in [2.24, 2.45) is 7.05 Å². The minimum Gasteiger partial charge on any atom is -0.469 e. The molecule has 146 valence electrons. The van der Waals surface area contributed by atoms with Crippen molar-refractivity contribution in [1.82, 2.24) is 19.9 Å². The summed E-state index contributed by atoms with van der Waals surface area (Å²) in [4.78, 5) is 43.3. The number of benzene rings is 1. The van der Waals surface area contributed by atoms with Crippen LogP contribution in [0.3, 0.4) is 0 Å². The van der Waals surface area contributed by atoms with E-state index in [2.05, 4.69) is 25.3 Å². The quantitative estimate of drug-likeness (QED) is 0.527. The number of aryl methyl sites for hydroxylation is 1. The maximum absolute atomic E-state index is 12.7. The molecule has 1 aromatic carbocycles. The number of aromatic nitrogens is 3. The van der Waals surface area contributed by atoms with Crippen LogP contribution in [-0.4, -0.2) is 40.1 Å². The number of methoxy groups -OCH3 is 1. The van der Waals surface area contributed by atoms with Crippen molar-refractivity contribution in [3.05, 3.63) is 58.1 Å². The van der Waals surface area contributed by atoms with Gasteiger partial charge >= 0.3 is 5.97 Å². The van der Waals surface area contributed by atoms with E-state index in [0.717, 1.165) is 11.1 Å². The van der Waals surface area contributed by atoms with Gasteiger partial charge in [0.05, 0.1) is 19.0 Å². The van der Waals surface area contributed by atoms with Crippen molar-refractivity contribution in [3.8, 4) is 0 Å². The highest BCUT2D eigenvalue weighted by molar-refractivity contribution is 5.97. The van der Waals surface area contributed by atoms with Gasteiger partial charge < -0.3 is 24.9 Å². The van der Waals surface area contributed by atoms with Gasteiger partial charge in [0.1, 0.15) is 5.56 Å². The first-order chi connectivity index (χ1) is 13.5. The Morgan fingerprint density at radius 2 is 2.14 bits per heavy atom. The van der Waals surface area contributed by atoms with Gasteiger partial charge in [-0.1, -0.05) is 6.07 Å². The van der Waals surface area contributed by atoms with Crippen molar-refractivity contribution in [2.45, 2.75) is 13.0 Å². The van der Waals surface area contributed by atoms with E-state index in [1.807, 2.05) is 12.1 Å². The Bertz CT molecular complexity index is 1060. The highest BCUT2D eigenvalue weighted by Gasteiger charge is 2.15. The van der Waals surface area contributed by atoms with Gasteiger partial charge in [0.15, 0.2) is 5.95 Å². The summed E-state index contributed by atoms with van der Waals surface area (Å²) in [5.41, 5.74) is 1.36. The highest BCUT2D eigenvalue weighted by Crippen LogP contribution is 2.15. The normalized spacial score (nSPS) is 10.6. The zero-order valence-electron chi connectivity index (χ0n) is 15.6. The lowest BCUT2D eigenvalue weighted by atomic mass is 10.1. The third-order valence-electron chi connectivity index (χ3n) is 4.30. The number of hydrogen-bond acceptors (Lipinski definition) is 6. The number of carbonyl (C=O) groups is 2. The summed E-state index contributed by atoms with van der Waals surface area (Å²) in [5, 5.41) is 6.17. The van der Waals surface area contributed by atoms with Gasteiger partial charge in [-0.15, -0.1) is 0 Å². The molecule has 9 nitrogen and oxygen atoms in total. The fourth-order valence-electron chi connectivity index (χ4n) is 2.82. The number of carbonyl (C=O) groups excluding carboxylic acids is 2. The molecule has 28 heavy (non-hydrogen) atoms. The summed E-state index contributed by atoms with van der Waals surface area (Å²) in [6.07, 6.45) is 4.93. The molecule has 0 bridgehead atoms. The number of nitrogens with one attached hydrogen (secondary N) is 3. The predicted octanol–water partition coefficient (Wildman–Crippen LogP) is 1.17. The number of amides is 1. The first-order valence-electron chi connectivity index (χ1n) is 8.70. The number of ether oxygens (including phenoxy) is 1. The monoisotopic (exact) mass is 383 g/mol. The van der Waals surface area contributed by atoms with Crippen LogP contribution in [0.4, 0.5) is 5.95 Å². The molecule has 0 unspecified atom stereocenters. The third kappa shape index (κ3) is 4.20. The average Bonchev–Trinajstić information content (AvgIpc) is 3.22. The number of rotatable bonds is 7. The Kier molecular flexibility index (Phi) is 5.73. The Labute approximate surface area is 160 Å². The van der Waals surface area contributed by atoms with E-state index < -0.39 is 11.9 Å². The molecule has 0 fully saturated rings. The molecule has 0 spiro atoms. The molecule has 3 aromatic rings. The minimum absolute atomic E-state index is 0.0290. The minimum atomic E-state index is -0.519. The van der Waals surface area contributed by atoms with Gasteiger partial charge in [-0.2, -0.15) is 0 Å². The van der Waals surface area contributed by atoms with Crippen molar-refractivity contribution >= 4 is 28.7 Å². The van der Waals surface area contributed by atoms with Crippen molar-refractivity contribution in [3.63, 3.8) is 0 Å². The number of aromatic amines is 1. The van der Waals surface area contributed by atoms with E-state index in [1.54, 1.807) is 30.1 Å². The maximum Gasteiger partial charge on any atom is 0.307 e. The SMILES string of the molecule is COC(=O)CCNC(=O)c1cn(C)c2cc(CNc3ncc[nH]3)ccc2c1=O. The first kappa shape index (κ1) is 19.2. The number of imidazole rings is 1. The third-order valence-corrected chi connectivity index (χ3v) is 4.30. The Morgan fingerprint density at radius 3 is 2.86 bits per heavy atom. The molecule has 0 aliphatic heterocycles. The molecule has 9 heteroatoms. The number of nitrogens with zero attached hydrogens (tertiary/aromatic N) is 2. The predicted molar refractivity (Wildman–Crippen MR) is 104 cm³/mol. The molecule has 0 atom stereocenters. The number of H-pyrrole nitrogens is 1. The van der Waals surface area contributed by atoms with E-state index in [1.165, 1.54) is 13.3 Å². The second-order valence-electron chi connectivity index (χ2n) is 6.21. The van der Waals surface area contributed by atoms with Crippen LogP contribution in [-0.2, 0) is 23.1 Å². The van der Waals surface area contributed by atoms with Crippen LogP contribution in [0.5, 0.6) is 0 Å². The first-order valence-corrected chi connectivity index (χ1v) is 8.70. The fourth-order valence-corrected chi connectivity index (χ4v) is 2.82. The van der Waals surface area contributed by atoms with Crippen LogP contribution >= 0.6 is 0 Å². The summed E-state index contributed by atoms with van der Waals surface area (Å²) in [6, 6.07) is 5.44. The number of pyridine rings is 1. The van der Waals surface area contributed by atoms with E-state index >= 15 is 0 Å². The molecule has 3 rings (SSSR count). The maximum atomic E-state index is 12.7. The molecular formula is C19H21N5O4. The number of hydrogen-bond donors (Lipinski definition) is 3. The Hall–Kier alpha value is -3.62. The second-order valence-corrected chi connectivity index (χ2v) is 6.21. The summed E-state index contributed by atoms with van der Waals surface area (Å²) in [7, 11) is 3.05. The van der Waals surface area contributed by atoms with Gasteiger partial charge in [-0.05, 0) is 17.7 Å². The van der Waals surface area contributed by atoms with Gasteiger partial charge in [0.25, 0.3) is 5.91 Å². The average molecular weight is 383 g/mol. The molecule has 0 radical (unpaired) electrons. The molecule has 0 aliphatic carbocycles. The van der Waals surface area contributed by atoms with Crippen LogP contribution in [0.1, 0.15) is 22.3 Å². The molecule has 0 saturated heterocycles. The van der Waals surface area contributed by atoms with E-state index in [4.69, 9.17) is 0 Å². The van der Waals surface area contributed by atoms with Gasteiger partial charge in [0, 0.05) is 44.1 Å². The topological polar surface area (TPSA) is 118 Å². The lowest BCUT2D eigenvalue weighted by Gasteiger charge is -2.11. The molecule has 2 aromatic heterocycles. The largest absolute Gasteiger partial charge is 0.469 e. The Balaban J connectivity index is 1.80. The van der Waals surface area contributed by atoms with Crippen molar-refractivity contribution in [1.29, 1.82) is 0 Å². The zero-order chi connectivity index (χ0) is 20.1. The standard InChI is InChI=1S/C19H21N5O4/c1-24-11-14(18(27)20-6-5-16(25)28-2)17(26)13-4-3-12(9-15(13)24)10-23-19-21-7-8-22-19/h3-4,7-9,11H,5-6,10H2,1-2H3,(H,20,27)(H2,21,22,23). The van der Waals surface area contributed by atoms with Crippen LogP contribution in [0.2, 0.25) is 0 Å². The van der Waals surface area contributed by atoms with Crippen molar-refractivity contribution in [2.75, 3.05) is 19.0 Å².